The van der Waals surface area contributed by atoms with Crippen molar-refractivity contribution >= 4 is 34.0 Å². The van der Waals surface area contributed by atoms with Crippen LogP contribution in [0.2, 0.25) is 0 Å². The van der Waals surface area contributed by atoms with E-state index in [0.29, 0.717) is 16.6 Å². The molecule has 1 aromatic carbocycles. The monoisotopic (exact) mass is 360 g/mol. The summed E-state index contributed by atoms with van der Waals surface area (Å²) in [5, 5.41) is 12.1. The number of carbonyl (C=O) groups is 2. The number of fused-ring (bicyclic) bond motifs is 1. The third-order valence-electron chi connectivity index (χ3n) is 3.82. The second-order valence-electron chi connectivity index (χ2n) is 6.12. The van der Waals surface area contributed by atoms with Crippen LogP contribution in [-0.4, -0.2) is 34.7 Å². The summed E-state index contributed by atoms with van der Waals surface area (Å²) in [6, 6.07) is 7.33. The summed E-state index contributed by atoms with van der Waals surface area (Å²) in [7, 11) is 0. The molecule has 25 heavy (non-hydrogen) atoms. The molecule has 132 valence electrons. The van der Waals surface area contributed by atoms with Crippen molar-refractivity contribution in [2.75, 3.05) is 16.8 Å². The molecule has 1 aliphatic heterocycles. The molecule has 1 unspecified atom stereocenters. The Morgan fingerprint density at radius 2 is 2.12 bits per heavy atom. The summed E-state index contributed by atoms with van der Waals surface area (Å²) in [6.07, 6.45) is -0.390. The fourth-order valence-corrected chi connectivity index (χ4v) is 3.26. The van der Waals surface area contributed by atoms with E-state index >= 15 is 0 Å². The number of anilines is 2. The molecule has 1 N–H and O–H groups in total. The van der Waals surface area contributed by atoms with Gasteiger partial charge in [0.05, 0.1) is 5.69 Å². The first-order valence-corrected chi connectivity index (χ1v) is 8.97. The van der Waals surface area contributed by atoms with E-state index in [9.17, 15) is 9.59 Å². The van der Waals surface area contributed by atoms with Crippen molar-refractivity contribution in [3.63, 3.8) is 0 Å². The number of hydrogen-bond acceptors (Lipinski definition) is 6. The van der Waals surface area contributed by atoms with Crippen LogP contribution in [0.25, 0.3) is 0 Å². The van der Waals surface area contributed by atoms with Gasteiger partial charge in [-0.15, -0.1) is 10.2 Å². The van der Waals surface area contributed by atoms with E-state index in [1.807, 2.05) is 38.1 Å². The quantitative estimate of drug-likeness (QED) is 0.886. The summed E-state index contributed by atoms with van der Waals surface area (Å²) < 4.78 is 5.59. The van der Waals surface area contributed by atoms with Gasteiger partial charge < -0.3 is 15.0 Å². The van der Waals surface area contributed by atoms with Crippen LogP contribution in [0, 0.1) is 0 Å². The van der Waals surface area contributed by atoms with Gasteiger partial charge in [-0.05, 0) is 19.1 Å². The van der Waals surface area contributed by atoms with Gasteiger partial charge in [-0.1, -0.05) is 37.3 Å². The van der Waals surface area contributed by atoms with Crippen molar-refractivity contribution in [1.82, 2.24) is 10.2 Å². The number of para-hydroxylation sites is 2. The lowest BCUT2D eigenvalue weighted by molar-refractivity contribution is -0.125. The third-order valence-corrected chi connectivity index (χ3v) is 4.96. The molecule has 7 nitrogen and oxygen atoms in total. The van der Waals surface area contributed by atoms with Crippen LogP contribution in [0.15, 0.2) is 24.3 Å². The third kappa shape index (κ3) is 3.79. The minimum absolute atomic E-state index is 0.149. The Labute approximate surface area is 150 Å². The smallest absolute Gasteiger partial charge is 0.267 e. The van der Waals surface area contributed by atoms with E-state index in [0.717, 1.165) is 5.01 Å². The van der Waals surface area contributed by atoms with Crippen LogP contribution >= 0.6 is 11.3 Å². The average Bonchev–Trinajstić information content (AvgIpc) is 3.04. The highest BCUT2D eigenvalue weighted by Crippen LogP contribution is 2.33. The van der Waals surface area contributed by atoms with Crippen molar-refractivity contribution in [3.05, 3.63) is 29.3 Å². The molecule has 0 radical (unpaired) electrons. The Kier molecular flexibility index (Phi) is 4.98. The van der Waals surface area contributed by atoms with Crippen LogP contribution in [0.5, 0.6) is 5.75 Å². The topological polar surface area (TPSA) is 84.4 Å². The van der Waals surface area contributed by atoms with E-state index < -0.39 is 6.10 Å². The average molecular weight is 360 g/mol. The first kappa shape index (κ1) is 17.3. The Morgan fingerprint density at radius 3 is 2.84 bits per heavy atom. The van der Waals surface area contributed by atoms with Gasteiger partial charge in [0, 0.05) is 18.9 Å². The number of benzene rings is 1. The Bertz CT molecular complexity index is 790. The van der Waals surface area contributed by atoms with Crippen molar-refractivity contribution in [3.8, 4) is 5.75 Å². The summed E-state index contributed by atoms with van der Waals surface area (Å²) in [6.45, 7) is 6.04. The molecule has 0 saturated carbocycles. The van der Waals surface area contributed by atoms with Gasteiger partial charge >= 0.3 is 0 Å². The molecule has 2 amide bonds. The second kappa shape index (κ2) is 7.18. The van der Waals surface area contributed by atoms with Crippen molar-refractivity contribution < 1.29 is 14.3 Å². The van der Waals surface area contributed by atoms with Crippen molar-refractivity contribution in [1.29, 1.82) is 0 Å². The molecule has 1 atom stereocenters. The molecular weight excluding hydrogens is 340 g/mol. The fraction of sp³-hybridized carbons (Fsp3) is 0.412. The molecule has 0 aliphatic carbocycles. The molecule has 1 aliphatic rings. The zero-order valence-corrected chi connectivity index (χ0v) is 15.2. The van der Waals surface area contributed by atoms with Crippen LogP contribution in [0.3, 0.4) is 0 Å². The van der Waals surface area contributed by atoms with Gasteiger partial charge in [-0.25, -0.2) is 0 Å². The zero-order chi connectivity index (χ0) is 18.0. The largest absolute Gasteiger partial charge is 0.479 e. The first-order valence-electron chi connectivity index (χ1n) is 8.16. The number of carbonyl (C=O) groups excluding carboxylic acids is 2. The van der Waals surface area contributed by atoms with Crippen LogP contribution < -0.4 is 15.0 Å². The molecular formula is C17H20N4O3S. The zero-order valence-electron chi connectivity index (χ0n) is 14.4. The second-order valence-corrected chi connectivity index (χ2v) is 7.13. The molecule has 0 spiro atoms. The summed E-state index contributed by atoms with van der Waals surface area (Å²) in [5.41, 5.74) is 0.691. The van der Waals surface area contributed by atoms with Gasteiger partial charge in [-0.2, -0.15) is 0 Å². The Hall–Kier alpha value is -2.48. The lowest BCUT2D eigenvalue weighted by atomic mass is 10.1. The van der Waals surface area contributed by atoms with Crippen molar-refractivity contribution in [2.45, 2.75) is 39.2 Å². The molecule has 0 saturated heterocycles. The van der Waals surface area contributed by atoms with E-state index in [-0.39, 0.29) is 30.7 Å². The summed E-state index contributed by atoms with van der Waals surface area (Å²) in [5.74, 6) is 0.577. The molecule has 2 aromatic rings. The number of rotatable bonds is 5. The molecule has 0 bridgehead atoms. The first-order chi connectivity index (χ1) is 12.0. The maximum Gasteiger partial charge on any atom is 0.267 e. The number of hydrogen-bond donors (Lipinski definition) is 1. The molecule has 8 heteroatoms. The number of aromatic nitrogens is 2. The highest BCUT2D eigenvalue weighted by atomic mass is 32.1. The van der Waals surface area contributed by atoms with Gasteiger partial charge in [0.1, 0.15) is 10.8 Å². The van der Waals surface area contributed by atoms with E-state index in [1.54, 1.807) is 11.8 Å². The Morgan fingerprint density at radius 1 is 1.36 bits per heavy atom. The lowest BCUT2D eigenvalue weighted by Gasteiger charge is -2.32. The lowest BCUT2D eigenvalue weighted by Crippen LogP contribution is -2.45. The highest BCUT2D eigenvalue weighted by Gasteiger charge is 2.31. The molecule has 2 heterocycles. The van der Waals surface area contributed by atoms with Gasteiger partial charge in [-0.3, -0.25) is 9.59 Å². The standard InChI is InChI=1S/C17H20N4O3S/c1-10(2)15-19-20-17(25-15)18-14(22)8-9-21-12-6-4-5-7-13(12)24-11(3)16(21)23/h4-7,10-11H,8-9H2,1-3H3,(H,18,20,22). The SMILES string of the molecule is CC1Oc2ccccc2N(CCC(=O)Nc2nnc(C(C)C)s2)C1=O. The van der Waals surface area contributed by atoms with Crippen LogP contribution in [-0.2, 0) is 9.59 Å². The van der Waals surface area contributed by atoms with Crippen molar-refractivity contribution in [2.24, 2.45) is 0 Å². The summed E-state index contributed by atoms with van der Waals surface area (Å²) in [4.78, 5) is 26.2. The van der Waals surface area contributed by atoms with E-state index in [4.69, 9.17) is 4.74 Å². The van der Waals surface area contributed by atoms with E-state index in [2.05, 4.69) is 15.5 Å². The van der Waals surface area contributed by atoms with Gasteiger partial charge in [0.25, 0.3) is 5.91 Å². The fourth-order valence-electron chi connectivity index (χ4n) is 2.50. The predicted molar refractivity (Wildman–Crippen MR) is 96.1 cm³/mol. The number of amides is 2. The normalized spacial score (nSPS) is 16.6. The van der Waals surface area contributed by atoms with Crippen LogP contribution in [0.4, 0.5) is 10.8 Å². The molecule has 3 rings (SSSR count). The minimum Gasteiger partial charge on any atom is -0.479 e. The maximum atomic E-state index is 12.4. The number of ether oxygens (including phenoxy) is 1. The molecule has 0 fully saturated rings. The number of nitrogens with zero attached hydrogens (tertiary/aromatic N) is 3. The predicted octanol–water partition coefficient (Wildman–Crippen LogP) is 2.80. The maximum absolute atomic E-state index is 12.4. The van der Waals surface area contributed by atoms with E-state index in [1.165, 1.54) is 11.3 Å². The summed E-state index contributed by atoms with van der Waals surface area (Å²) >= 11 is 1.37. The number of nitrogens with one attached hydrogen (secondary N) is 1. The van der Waals surface area contributed by atoms with Gasteiger partial charge in [0.2, 0.25) is 11.0 Å². The highest BCUT2D eigenvalue weighted by molar-refractivity contribution is 7.15. The Balaban J connectivity index is 1.64. The minimum atomic E-state index is -0.560. The van der Waals surface area contributed by atoms with Crippen LogP contribution in [0.1, 0.15) is 38.1 Å². The van der Waals surface area contributed by atoms with Gasteiger partial charge in [0.15, 0.2) is 6.10 Å². The molecule has 1 aromatic heterocycles.